The summed E-state index contributed by atoms with van der Waals surface area (Å²) in [6.07, 6.45) is 7.01. The van der Waals surface area contributed by atoms with Crippen molar-refractivity contribution >= 4 is 0 Å². The monoisotopic (exact) mass is 190 g/mol. The summed E-state index contributed by atoms with van der Waals surface area (Å²) < 4.78 is 2.07. The van der Waals surface area contributed by atoms with Gasteiger partial charge in [0.2, 0.25) is 0 Å². The Kier molecular flexibility index (Phi) is 3.35. The van der Waals surface area contributed by atoms with E-state index >= 15 is 0 Å². The number of rotatable bonds is 3. The lowest BCUT2D eigenvalue weighted by Gasteiger charge is -2.08. The van der Waals surface area contributed by atoms with Gasteiger partial charge in [-0.05, 0) is 39.7 Å². The van der Waals surface area contributed by atoms with Gasteiger partial charge in [-0.1, -0.05) is 0 Å². The molecule has 0 aromatic carbocycles. The van der Waals surface area contributed by atoms with Crippen LogP contribution < -0.4 is 0 Å². The maximum absolute atomic E-state index is 5.27. The highest BCUT2D eigenvalue weighted by atomic mass is 15.3. The van der Waals surface area contributed by atoms with Crippen molar-refractivity contribution in [3.8, 4) is 12.3 Å². The molecule has 1 rings (SSSR count). The van der Waals surface area contributed by atoms with Crippen molar-refractivity contribution in [3.05, 3.63) is 17.0 Å². The first kappa shape index (κ1) is 10.8. The molecule has 0 aliphatic rings. The van der Waals surface area contributed by atoms with E-state index in [2.05, 4.69) is 43.4 Å². The molecule has 1 aromatic rings. The molecule has 0 atom stereocenters. The molecule has 1 aromatic heterocycles. The average Bonchev–Trinajstić information content (AvgIpc) is 2.40. The molecular weight excluding hydrogens is 172 g/mol. The van der Waals surface area contributed by atoms with Crippen molar-refractivity contribution in [2.75, 3.05) is 0 Å². The first-order chi connectivity index (χ1) is 6.57. The van der Waals surface area contributed by atoms with E-state index in [1.165, 1.54) is 11.3 Å². The zero-order chi connectivity index (χ0) is 10.7. The average molecular weight is 190 g/mol. The van der Waals surface area contributed by atoms with Gasteiger partial charge in [-0.2, -0.15) is 5.10 Å². The number of nitrogens with zero attached hydrogens (tertiary/aromatic N) is 2. The minimum absolute atomic E-state index is 0.424. The molecule has 0 unspecified atom stereocenters. The van der Waals surface area contributed by atoms with Crippen LogP contribution >= 0.6 is 0 Å². The normalized spacial score (nSPS) is 10.6. The first-order valence-electron chi connectivity index (χ1n) is 5.06. The fourth-order valence-corrected chi connectivity index (χ4v) is 1.76. The van der Waals surface area contributed by atoms with Crippen molar-refractivity contribution < 1.29 is 0 Å². The van der Waals surface area contributed by atoms with Gasteiger partial charge in [0.05, 0.1) is 5.69 Å². The smallest absolute Gasteiger partial charge is 0.0628 e. The molecule has 76 valence electrons. The van der Waals surface area contributed by atoms with E-state index < -0.39 is 0 Å². The predicted molar refractivity (Wildman–Crippen MR) is 59.2 cm³/mol. The molecule has 2 nitrogen and oxygen atoms in total. The Bertz CT molecular complexity index is 353. The molecule has 14 heavy (non-hydrogen) atoms. The lowest BCUT2D eigenvalue weighted by Crippen LogP contribution is -2.05. The van der Waals surface area contributed by atoms with Gasteiger partial charge in [0, 0.05) is 18.2 Å². The third-order valence-corrected chi connectivity index (χ3v) is 2.48. The quantitative estimate of drug-likeness (QED) is 0.670. The molecule has 1 heterocycles. The standard InChI is InChI=1S/C12H18N2/c1-6-7-8-12-10(4)13-14(9(2)3)11(12)5/h1,9H,7-8H2,2-5H3. The third kappa shape index (κ3) is 1.98. The Hall–Kier alpha value is -1.23. The van der Waals surface area contributed by atoms with Gasteiger partial charge >= 0.3 is 0 Å². The number of aromatic nitrogens is 2. The maximum Gasteiger partial charge on any atom is 0.0628 e. The summed E-state index contributed by atoms with van der Waals surface area (Å²) in [5, 5.41) is 4.51. The van der Waals surface area contributed by atoms with Gasteiger partial charge in [-0.15, -0.1) is 12.3 Å². The molecule has 0 aliphatic carbocycles. The molecule has 0 saturated heterocycles. The van der Waals surface area contributed by atoms with Crippen molar-refractivity contribution in [3.63, 3.8) is 0 Å². The second kappa shape index (κ2) is 4.32. The molecular formula is C12H18N2. The molecule has 0 radical (unpaired) electrons. The number of hydrogen-bond acceptors (Lipinski definition) is 1. The van der Waals surface area contributed by atoms with E-state index in [-0.39, 0.29) is 0 Å². The molecule has 0 fully saturated rings. The number of terminal acetylenes is 1. The predicted octanol–water partition coefficient (Wildman–Crippen LogP) is 2.65. The highest BCUT2D eigenvalue weighted by molar-refractivity contribution is 5.25. The molecule has 0 saturated carbocycles. The van der Waals surface area contributed by atoms with Crippen LogP contribution in [0.25, 0.3) is 0 Å². The first-order valence-corrected chi connectivity index (χ1v) is 5.06. The number of aryl methyl sites for hydroxylation is 1. The van der Waals surface area contributed by atoms with Crippen LogP contribution in [0.4, 0.5) is 0 Å². The van der Waals surface area contributed by atoms with Crippen molar-refractivity contribution in [2.24, 2.45) is 0 Å². The second-order valence-corrected chi connectivity index (χ2v) is 3.89. The molecule has 0 aliphatic heterocycles. The maximum atomic E-state index is 5.27. The summed E-state index contributed by atoms with van der Waals surface area (Å²) in [5.41, 5.74) is 3.69. The summed E-state index contributed by atoms with van der Waals surface area (Å²) >= 11 is 0. The van der Waals surface area contributed by atoms with Crippen LogP contribution in [0.3, 0.4) is 0 Å². The Morgan fingerprint density at radius 1 is 1.43 bits per heavy atom. The summed E-state index contributed by atoms with van der Waals surface area (Å²) in [7, 11) is 0. The Morgan fingerprint density at radius 2 is 2.07 bits per heavy atom. The van der Waals surface area contributed by atoms with E-state index in [0.29, 0.717) is 6.04 Å². The van der Waals surface area contributed by atoms with Crippen LogP contribution in [0, 0.1) is 26.2 Å². The van der Waals surface area contributed by atoms with Gasteiger partial charge in [-0.3, -0.25) is 4.68 Å². The van der Waals surface area contributed by atoms with Crippen LogP contribution in [0.1, 0.15) is 43.3 Å². The summed E-state index contributed by atoms with van der Waals surface area (Å²) in [6, 6.07) is 0.424. The number of hydrogen-bond donors (Lipinski definition) is 0. The topological polar surface area (TPSA) is 17.8 Å². The minimum Gasteiger partial charge on any atom is -0.267 e. The summed E-state index contributed by atoms with van der Waals surface area (Å²) in [6.45, 7) is 8.46. The Balaban J connectivity index is 3.00. The zero-order valence-corrected chi connectivity index (χ0v) is 9.46. The summed E-state index contributed by atoms with van der Waals surface area (Å²) in [4.78, 5) is 0. The minimum atomic E-state index is 0.424. The molecule has 0 bridgehead atoms. The SMILES string of the molecule is C#CCCc1c(C)nn(C(C)C)c1C. The van der Waals surface area contributed by atoms with Gasteiger partial charge in [0.15, 0.2) is 0 Å². The van der Waals surface area contributed by atoms with E-state index in [4.69, 9.17) is 6.42 Å². The molecule has 2 heteroatoms. The van der Waals surface area contributed by atoms with Crippen LogP contribution in [0.15, 0.2) is 0 Å². The Morgan fingerprint density at radius 3 is 2.50 bits per heavy atom. The third-order valence-electron chi connectivity index (χ3n) is 2.48. The summed E-state index contributed by atoms with van der Waals surface area (Å²) in [5.74, 6) is 2.67. The zero-order valence-electron chi connectivity index (χ0n) is 9.46. The Labute approximate surface area is 86.3 Å². The van der Waals surface area contributed by atoms with E-state index in [1.54, 1.807) is 0 Å². The lowest BCUT2D eigenvalue weighted by atomic mass is 10.1. The fourth-order valence-electron chi connectivity index (χ4n) is 1.76. The van der Waals surface area contributed by atoms with Crippen molar-refractivity contribution in [2.45, 2.75) is 46.6 Å². The largest absolute Gasteiger partial charge is 0.267 e. The molecule has 0 amide bonds. The highest BCUT2D eigenvalue weighted by Gasteiger charge is 2.12. The van der Waals surface area contributed by atoms with E-state index in [1.807, 2.05) is 0 Å². The van der Waals surface area contributed by atoms with Crippen molar-refractivity contribution in [1.29, 1.82) is 0 Å². The van der Waals surface area contributed by atoms with Crippen LogP contribution in [0.2, 0.25) is 0 Å². The van der Waals surface area contributed by atoms with E-state index in [0.717, 1.165) is 18.5 Å². The second-order valence-electron chi connectivity index (χ2n) is 3.89. The highest BCUT2D eigenvalue weighted by Crippen LogP contribution is 2.18. The van der Waals surface area contributed by atoms with Crippen LogP contribution in [-0.2, 0) is 6.42 Å². The molecule has 0 spiro atoms. The van der Waals surface area contributed by atoms with Crippen LogP contribution in [0.5, 0.6) is 0 Å². The van der Waals surface area contributed by atoms with Gasteiger partial charge in [-0.25, -0.2) is 0 Å². The van der Waals surface area contributed by atoms with E-state index in [9.17, 15) is 0 Å². The van der Waals surface area contributed by atoms with Crippen molar-refractivity contribution in [1.82, 2.24) is 9.78 Å². The van der Waals surface area contributed by atoms with Crippen LogP contribution in [-0.4, -0.2) is 9.78 Å². The lowest BCUT2D eigenvalue weighted by molar-refractivity contribution is 0.515. The van der Waals surface area contributed by atoms with Gasteiger partial charge in [0.1, 0.15) is 0 Å². The van der Waals surface area contributed by atoms with Gasteiger partial charge < -0.3 is 0 Å². The molecule has 0 N–H and O–H groups in total. The fraction of sp³-hybridized carbons (Fsp3) is 0.583. The van der Waals surface area contributed by atoms with Gasteiger partial charge in [0.25, 0.3) is 0 Å².